The molecule has 2 nitrogen and oxygen atoms in total. The van der Waals surface area contributed by atoms with Gasteiger partial charge in [-0.05, 0) is 103 Å². The van der Waals surface area contributed by atoms with E-state index in [4.69, 9.17) is 0 Å². The summed E-state index contributed by atoms with van der Waals surface area (Å²) in [5.74, 6) is 0.451. The van der Waals surface area contributed by atoms with Crippen molar-refractivity contribution in [3.05, 3.63) is 150 Å². The minimum absolute atomic E-state index is 0.231. The van der Waals surface area contributed by atoms with Gasteiger partial charge in [-0.15, -0.1) is 0 Å². The summed E-state index contributed by atoms with van der Waals surface area (Å²) in [6, 6.07) is 48.3. The Hall–Kier alpha value is -5.39. The van der Waals surface area contributed by atoms with Crippen molar-refractivity contribution in [2.45, 2.75) is 39.0 Å². The average molecular weight is 579 g/mol. The van der Waals surface area contributed by atoms with Crippen molar-refractivity contribution in [2.75, 3.05) is 4.90 Å². The van der Waals surface area contributed by atoms with Crippen LogP contribution in [0.4, 0.5) is 17.1 Å². The predicted octanol–water partition coefficient (Wildman–Crippen LogP) is 11.9. The highest BCUT2D eigenvalue weighted by Crippen LogP contribution is 2.58. The van der Waals surface area contributed by atoms with E-state index in [0.29, 0.717) is 11.5 Å². The molecule has 0 radical (unpaired) electrons. The molecule has 0 heterocycles. The summed E-state index contributed by atoms with van der Waals surface area (Å²) in [6.45, 7) is 9.24. The Labute approximate surface area is 264 Å². The summed E-state index contributed by atoms with van der Waals surface area (Å²) in [7, 11) is 0. The number of nitriles is 1. The van der Waals surface area contributed by atoms with Crippen molar-refractivity contribution < 1.29 is 0 Å². The van der Waals surface area contributed by atoms with Crippen molar-refractivity contribution in [1.82, 2.24) is 0 Å². The van der Waals surface area contributed by atoms with Crippen LogP contribution in [-0.4, -0.2) is 0 Å². The van der Waals surface area contributed by atoms with Crippen molar-refractivity contribution in [2.24, 2.45) is 0 Å². The molecule has 2 heteroatoms. The van der Waals surface area contributed by atoms with Crippen LogP contribution in [0.2, 0.25) is 0 Å². The van der Waals surface area contributed by atoms with Gasteiger partial charge in [-0.25, -0.2) is 0 Å². The van der Waals surface area contributed by atoms with Crippen LogP contribution < -0.4 is 4.90 Å². The molecule has 0 saturated heterocycles. The minimum atomic E-state index is -0.231. The van der Waals surface area contributed by atoms with Gasteiger partial charge in [0.25, 0.3) is 0 Å². The van der Waals surface area contributed by atoms with Crippen LogP contribution in [0.25, 0.3) is 43.4 Å². The monoisotopic (exact) mass is 578 g/mol. The highest BCUT2D eigenvalue weighted by Gasteiger charge is 2.40. The molecular formula is C43H34N2. The van der Waals surface area contributed by atoms with Gasteiger partial charge in [-0.1, -0.05) is 113 Å². The Morgan fingerprint density at radius 3 is 1.64 bits per heavy atom. The Bertz CT molecular complexity index is 2320. The van der Waals surface area contributed by atoms with Crippen LogP contribution >= 0.6 is 0 Å². The van der Waals surface area contributed by atoms with E-state index >= 15 is 0 Å². The van der Waals surface area contributed by atoms with Crippen LogP contribution in [-0.2, 0) is 5.41 Å². The van der Waals surface area contributed by atoms with Gasteiger partial charge in [-0.3, -0.25) is 0 Å². The largest absolute Gasteiger partial charge is 0.310 e. The molecule has 0 unspecified atom stereocenters. The van der Waals surface area contributed by atoms with E-state index in [1.54, 1.807) is 0 Å². The van der Waals surface area contributed by atoms with Crippen molar-refractivity contribution in [3.8, 4) is 17.2 Å². The molecule has 216 valence electrons. The van der Waals surface area contributed by atoms with E-state index in [-0.39, 0.29) is 5.41 Å². The Balaban J connectivity index is 1.48. The predicted molar refractivity (Wildman–Crippen MR) is 190 cm³/mol. The summed E-state index contributed by atoms with van der Waals surface area (Å²) in [5, 5.41) is 17.3. The lowest BCUT2D eigenvalue weighted by Crippen LogP contribution is -2.17. The van der Waals surface area contributed by atoms with Crippen LogP contribution in [0, 0.1) is 11.3 Å². The molecule has 0 aliphatic heterocycles. The minimum Gasteiger partial charge on any atom is -0.310 e. The molecule has 0 amide bonds. The van der Waals surface area contributed by atoms with E-state index < -0.39 is 0 Å². The molecule has 0 aromatic heterocycles. The quantitative estimate of drug-likeness (QED) is 0.194. The molecule has 7 aromatic carbocycles. The molecule has 7 aromatic rings. The lowest BCUT2D eigenvalue weighted by atomic mass is 9.79. The van der Waals surface area contributed by atoms with Gasteiger partial charge in [0.2, 0.25) is 0 Å². The number of hydrogen-bond acceptors (Lipinski definition) is 2. The van der Waals surface area contributed by atoms with Crippen LogP contribution in [0.1, 0.15) is 55.9 Å². The van der Waals surface area contributed by atoms with Gasteiger partial charge in [0.1, 0.15) is 0 Å². The molecular weight excluding hydrogens is 544 g/mol. The maximum atomic E-state index is 9.56. The van der Waals surface area contributed by atoms with E-state index in [1.807, 2.05) is 12.1 Å². The molecule has 1 aliphatic rings. The normalized spacial score (nSPS) is 13.2. The molecule has 8 rings (SSSR count). The number of nitrogens with zero attached hydrogens (tertiary/aromatic N) is 2. The second-order valence-electron chi connectivity index (χ2n) is 13.1. The number of hydrogen-bond donors (Lipinski definition) is 0. The number of rotatable bonds is 4. The highest BCUT2D eigenvalue weighted by molar-refractivity contribution is 6.22. The van der Waals surface area contributed by atoms with E-state index in [1.165, 1.54) is 60.1 Å². The molecule has 1 aliphatic carbocycles. The van der Waals surface area contributed by atoms with Gasteiger partial charge in [0.15, 0.2) is 0 Å². The third-order valence-electron chi connectivity index (χ3n) is 9.82. The van der Waals surface area contributed by atoms with Gasteiger partial charge in [0.05, 0.1) is 17.3 Å². The smallest absolute Gasteiger partial charge is 0.0991 e. The fourth-order valence-corrected chi connectivity index (χ4v) is 7.61. The molecule has 0 N–H and O–H groups in total. The summed E-state index contributed by atoms with van der Waals surface area (Å²) in [4.78, 5) is 2.36. The number of anilines is 3. The van der Waals surface area contributed by atoms with E-state index in [2.05, 4.69) is 154 Å². The number of benzene rings is 7. The van der Waals surface area contributed by atoms with Gasteiger partial charge in [-0.2, -0.15) is 5.26 Å². The third-order valence-corrected chi connectivity index (χ3v) is 9.82. The second-order valence-corrected chi connectivity index (χ2v) is 13.1. The lowest BCUT2D eigenvalue weighted by molar-refractivity contribution is 0.667. The van der Waals surface area contributed by atoms with Crippen molar-refractivity contribution in [1.29, 1.82) is 5.26 Å². The summed E-state index contributed by atoms with van der Waals surface area (Å²) in [5.41, 5.74) is 10.4. The van der Waals surface area contributed by atoms with E-state index in [9.17, 15) is 5.26 Å². The fourth-order valence-electron chi connectivity index (χ4n) is 7.61. The zero-order chi connectivity index (χ0) is 30.9. The van der Waals surface area contributed by atoms with Crippen molar-refractivity contribution >= 4 is 49.4 Å². The van der Waals surface area contributed by atoms with Gasteiger partial charge >= 0.3 is 0 Å². The summed E-state index contributed by atoms with van der Waals surface area (Å²) < 4.78 is 0. The first-order valence-electron chi connectivity index (χ1n) is 15.8. The third kappa shape index (κ3) is 4.01. The van der Waals surface area contributed by atoms with Crippen molar-refractivity contribution in [3.63, 3.8) is 0 Å². The topological polar surface area (TPSA) is 27.0 Å². The van der Waals surface area contributed by atoms with Crippen LogP contribution in [0.3, 0.4) is 0 Å². The van der Waals surface area contributed by atoms with Gasteiger partial charge in [0, 0.05) is 22.2 Å². The number of fused-ring (bicyclic) bond motifs is 10. The molecule has 0 atom stereocenters. The van der Waals surface area contributed by atoms with Crippen LogP contribution in [0.5, 0.6) is 0 Å². The molecule has 0 fully saturated rings. The zero-order valence-corrected chi connectivity index (χ0v) is 26.1. The zero-order valence-electron chi connectivity index (χ0n) is 26.1. The Morgan fingerprint density at radius 1 is 0.578 bits per heavy atom. The maximum absolute atomic E-state index is 9.56. The fraction of sp³-hybridized carbons (Fsp3) is 0.140. The standard InChI is InChI=1S/C43H34N2/c1-27(2)29-19-23-31(24-20-29)45(30-21-17-28(26-44)18-22-30)39-25-38-40(36-15-9-7-13-34(36)39)41-35-14-8-5-11-32(35)33-12-6-10-16-37(33)42(41)43(38,3)4/h5-25,27H,1-4H3. The summed E-state index contributed by atoms with van der Waals surface area (Å²) >= 11 is 0. The summed E-state index contributed by atoms with van der Waals surface area (Å²) in [6.07, 6.45) is 0. The SMILES string of the molecule is CC(C)c1ccc(N(c2ccc(C#N)cc2)c2cc3c(c4ccccc24)-c2c(c4ccccc4c4ccccc24)C3(C)C)cc1. The van der Waals surface area contributed by atoms with Gasteiger partial charge < -0.3 is 4.90 Å². The average Bonchev–Trinajstić information content (AvgIpc) is 3.32. The van der Waals surface area contributed by atoms with E-state index in [0.717, 1.165) is 17.1 Å². The molecule has 0 bridgehead atoms. The molecule has 0 saturated carbocycles. The molecule has 0 spiro atoms. The first-order valence-corrected chi connectivity index (χ1v) is 15.8. The Kier molecular flexibility index (Phi) is 6.09. The maximum Gasteiger partial charge on any atom is 0.0991 e. The van der Waals surface area contributed by atoms with Crippen LogP contribution in [0.15, 0.2) is 127 Å². The first kappa shape index (κ1) is 27.2. The highest BCUT2D eigenvalue weighted by atomic mass is 15.1. The second kappa shape index (κ2) is 10.1. The molecule has 45 heavy (non-hydrogen) atoms. The Morgan fingerprint density at radius 2 is 1.07 bits per heavy atom. The lowest BCUT2D eigenvalue weighted by Gasteiger charge is -2.30. The first-order chi connectivity index (χ1) is 21.9.